The first-order chi connectivity index (χ1) is 25.4. The molecule has 1 amide bonds. The number of nitrogens with two attached hydrogens (primary N) is 1. The SMILES string of the molecule is C.Cc1nc2c(-c3cccc(C#N)c3C)cc(-c3c(C)noc3C)cc2[nH]1.Cc1nc2c(-c3cccc(C(N)=O)c3C)cc(-c3c(C)noc3C)cc2[nH]1. The van der Waals surface area contributed by atoms with Gasteiger partial charge in [0.2, 0.25) is 5.91 Å². The Balaban J connectivity index is 0.000000181. The van der Waals surface area contributed by atoms with E-state index in [9.17, 15) is 10.1 Å². The Kier molecular flexibility index (Phi) is 9.80. The molecule has 11 nitrogen and oxygen atoms in total. The van der Waals surface area contributed by atoms with Gasteiger partial charge in [0, 0.05) is 27.8 Å². The van der Waals surface area contributed by atoms with Gasteiger partial charge in [-0.2, -0.15) is 5.26 Å². The highest BCUT2D eigenvalue weighted by Gasteiger charge is 2.20. The first-order valence-electron chi connectivity index (χ1n) is 17.1. The number of aromatic amines is 2. The number of amides is 1. The lowest BCUT2D eigenvalue weighted by molar-refractivity contribution is 0.0999. The number of carbonyl (C=O) groups is 1. The zero-order chi connectivity index (χ0) is 37.7. The van der Waals surface area contributed by atoms with Gasteiger partial charge < -0.3 is 24.7 Å². The smallest absolute Gasteiger partial charge is 0.248 e. The highest BCUT2D eigenvalue weighted by Crippen LogP contribution is 2.39. The minimum Gasteiger partial charge on any atom is -0.366 e. The van der Waals surface area contributed by atoms with E-state index in [4.69, 9.17) is 14.8 Å². The van der Waals surface area contributed by atoms with E-state index in [0.29, 0.717) is 11.1 Å². The average molecular weight is 719 g/mol. The molecule has 4 aromatic heterocycles. The molecule has 4 N–H and O–H groups in total. The maximum atomic E-state index is 11.8. The van der Waals surface area contributed by atoms with E-state index in [1.54, 1.807) is 6.07 Å². The lowest BCUT2D eigenvalue weighted by atomic mass is 9.92. The van der Waals surface area contributed by atoms with Gasteiger partial charge in [-0.15, -0.1) is 0 Å². The van der Waals surface area contributed by atoms with E-state index in [-0.39, 0.29) is 7.43 Å². The molecule has 0 spiro atoms. The third-order valence-corrected chi connectivity index (χ3v) is 9.69. The van der Waals surface area contributed by atoms with Gasteiger partial charge in [-0.1, -0.05) is 42.0 Å². The minimum absolute atomic E-state index is 0. The van der Waals surface area contributed by atoms with Crippen LogP contribution in [0.5, 0.6) is 0 Å². The molecule has 0 aliphatic rings. The van der Waals surface area contributed by atoms with Crippen LogP contribution in [0, 0.1) is 66.7 Å². The summed E-state index contributed by atoms with van der Waals surface area (Å²) in [5.74, 6) is 2.78. The van der Waals surface area contributed by atoms with Gasteiger partial charge in [0.05, 0.1) is 45.1 Å². The summed E-state index contributed by atoms with van der Waals surface area (Å²) in [7, 11) is 0. The summed E-state index contributed by atoms with van der Waals surface area (Å²) in [5, 5.41) is 17.5. The molecule has 0 aliphatic carbocycles. The molecule has 0 bridgehead atoms. The second kappa shape index (κ2) is 14.3. The summed E-state index contributed by atoms with van der Waals surface area (Å²) in [6, 6.07) is 21.9. The van der Waals surface area contributed by atoms with E-state index in [2.05, 4.69) is 60.6 Å². The summed E-state index contributed by atoms with van der Waals surface area (Å²) in [5.41, 5.74) is 21.7. The lowest BCUT2D eigenvalue weighted by Crippen LogP contribution is -2.13. The van der Waals surface area contributed by atoms with Crippen LogP contribution in [-0.2, 0) is 0 Å². The largest absolute Gasteiger partial charge is 0.366 e. The second-order valence-corrected chi connectivity index (χ2v) is 13.3. The van der Waals surface area contributed by atoms with Crippen LogP contribution in [-0.4, -0.2) is 36.2 Å². The van der Waals surface area contributed by atoms with E-state index in [1.807, 2.05) is 85.7 Å². The number of nitrogens with one attached hydrogen (secondary N) is 2. The molecule has 4 heterocycles. The number of aryl methyl sites for hydroxylation is 6. The third-order valence-electron chi connectivity index (χ3n) is 9.69. The topological polar surface area (TPSA) is 176 Å². The number of hydrogen-bond donors (Lipinski definition) is 3. The Labute approximate surface area is 313 Å². The summed E-state index contributed by atoms with van der Waals surface area (Å²) in [4.78, 5) is 27.8. The van der Waals surface area contributed by atoms with Crippen molar-refractivity contribution in [1.29, 1.82) is 5.26 Å². The molecular formula is C43H42N8O3. The molecule has 0 saturated heterocycles. The molecule has 8 aromatic rings. The molecule has 54 heavy (non-hydrogen) atoms. The van der Waals surface area contributed by atoms with Crippen molar-refractivity contribution in [2.75, 3.05) is 0 Å². The Bertz CT molecular complexity index is 2730. The fourth-order valence-electron chi connectivity index (χ4n) is 7.21. The van der Waals surface area contributed by atoms with E-state index in [1.165, 1.54) is 0 Å². The summed E-state index contributed by atoms with van der Waals surface area (Å²) >= 11 is 0. The molecule has 0 fully saturated rings. The summed E-state index contributed by atoms with van der Waals surface area (Å²) in [6.07, 6.45) is 0. The van der Waals surface area contributed by atoms with Gasteiger partial charge >= 0.3 is 0 Å². The fraction of sp³-hybridized carbons (Fsp3) is 0.209. The van der Waals surface area contributed by atoms with Crippen LogP contribution in [0.1, 0.15) is 69.0 Å². The Morgan fingerprint density at radius 2 is 1.13 bits per heavy atom. The third kappa shape index (κ3) is 6.43. The molecule has 0 radical (unpaired) electrons. The molecular weight excluding hydrogens is 677 g/mol. The Hall–Kier alpha value is -6.80. The van der Waals surface area contributed by atoms with Crippen LogP contribution in [0.3, 0.4) is 0 Å². The standard InChI is InChI=1S/C21H20N4O2.C21H18N4O.CH4/c1-10-15(6-5-7-16(10)21(22)26)17-8-14(19-11(2)25-27-12(19)3)9-18-20(17)24-13(4)23-18;1-11-15(10-22)6-5-7-17(11)18-8-16(20-12(2)25-26-13(20)3)9-19-21(18)24-14(4)23-19;/h5-9H,1-4H3,(H2,22,26)(H,23,24);5-9H,1-4H3,(H,23,24);1H4. The first-order valence-corrected chi connectivity index (χ1v) is 17.1. The molecule has 272 valence electrons. The van der Waals surface area contributed by atoms with Crippen LogP contribution in [0.25, 0.3) is 66.6 Å². The maximum absolute atomic E-state index is 11.8. The number of rotatable bonds is 5. The Morgan fingerprint density at radius 3 is 1.56 bits per heavy atom. The predicted molar refractivity (Wildman–Crippen MR) is 212 cm³/mol. The van der Waals surface area contributed by atoms with Crippen LogP contribution >= 0.6 is 0 Å². The van der Waals surface area contributed by atoms with Gasteiger partial charge in [0.25, 0.3) is 0 Å². The number of imidazole rings is 2. The zero-order valence-corrected chi connectivity index (χ0v) is 30.8. The average Bonchev–Trinajstić information content (AvgIpc) is 3.88. The zero-order valence-electron chi connectivity index (χ0n) is 30.8. The van der Waals surface area contributed by atoms with E-state index in [0.717, 1.165) is 112 Å². The number of primary amides is 1. The van der Waals surface area contributed by atoms with Crippen molar-refractivity contribution in [2.45, 2.75) is 62.8 Å². The minimum atomic E-state index is -0.439. The van der Waals surface area contributed by atoms with Gasteiger partial charge in [0.1, 0.15) is 23.2 Å². The van der Waals surface area contributed by atoms with Crippen molar-refractivity contribution < 1.29 is 13.8 Å². The number of nitriles is 1. The second-order valence-electron chi connectivity index (χ2n) is 13.3. The summed E-state index contributed by atoms with van der Waals surface area (Å²) < 4.78 is 10.7. The van der Waals surface area contributed by atoms with Crippen LogP contribution < -0.4 is 5.73 Å². The summed E-state index contributed by atoms with van der Waals surface area (Å²) in [6.45, 7) is 15.4. The maximum Gasteiger partial charge on any atom is 0.248 e. The number of H-pyrrole nitrogens is 2. The van der Waals surface area contributed by atoms with E-state index < -0.39 is 5.91 Å². The van der Waals surface area contributed by atoms with Gasteiger partial charge in [0.15, 0.2) is 0 Å². The number of carbonyl (C=O) groups excluding carboxylic acids is 1. The van der Waals surface area contributed by atoms with Crippen molar-refractivity contribution in [3.63, 3.8) is 0 Å². The Morgan fingerprint density at radius 1 is 0.667 bits per heavy atom. The number of fused-ring (bicyclic) bond motifs is 2. The van der Waals surface area contributed by atoms with Crippen molar-refractivity contribution in [3.8, 4) is 50.6 Å². The highest BCUT2D eigenvalue weighted by atomic mass is 16.5. The normalized spacial score (nSPS) is 10.9. The molecule has 8 rings (SSSR count). The number of hydrogen-bond acceptors (Lipinski definition) is 8. The van der Waals surface area contributed by atoms with Crippen molar-refractivity contribution in [1.82, 2.24) is 30.2 Å². The van der Waals surface area contributed by atoms with Crippen molar-refractivity contribution >= 4 is 28.0 Å². The lowest BCUT2D eigenvalue weighted by Gasteiger charge is -2.12. The van der Waals surface area contributed by atoms with Crippen molar-refractivity contribution in [3.05, 3.63) is 117 Å². The van der Waals surface area contributed by atoms with Crippen LogP contribution in [0.15, 0.2) is 69.7 Å². The van der Waals surface area contributed by atoms with Crippen LogP contribution in [0.2, 0.25) is 0 Å². The molecule has 0 unspecified atom stereocenters. The molecule has 0 aliphatic heterocycles. The van der Waals surface area contributed by atoms with E-state index >= 15 is 0 Å². The molecule has 4 aromatic carbocycles. The molecule has 0 saturated carbocycles. The number of nitrogens with zero attached hydrogens (tertiary/aromatic N) is 5. The van der Waals surface area contributed by atoms with Gasteiger partial charge in [-0.3, -0.25) is 4.79 Å². The fourth-order valence-corrected chi connectivity index (χ4v) is 7.21. The molecule has 0 atom stereocenters. The molecule has 11 heteroatoms. The van der Waals surface area contributed by atoms with Gasteiger partial charge in [-0.05, 0) is 125 Å². The highest BCUT2D eigenvalue weighted by molar-refractivity contribution is 6.01. The number of benzene rings is 4. The van der Waals surface area contributed by atoms with Crippen LogP contribution in [0.4, 0.5) is 0 Å². The quantitative estimate of drug-likeness (QED) is 0.157. The van der Waals surface area contributed by atoms with Gasteiger partial charge in [-0.25, -0.2) is 9.97 Å². The predicted octanol–water partition coefficient (Wildman–Crippen LogP) is 9.84. The first kappa shape index (κ1) is 37.0. The number of aromatic nitrogens is 6. The monoisotopic (exact) mass is 718 g/mol. The van der Waals surface area contributed by atoms with Crippen molar-refractivity contribution in [2.24, 2.45) is 5.73 Å².